The largest absolute Gasteiger partial charge is 3.00 e. The van der Waals surface area contributed by atoms with Crippen molar-refractivity contribution in [3.8, 4) is 23.0 Å². The zero-order valence-corrected chi connectivity index (χ0v) is 26.1. The van der Waals surface area contributed by atoms with Crippen LogP contribution in [-0.2, 0) is 21.9 Å². The van der Waals surface area contributed by atoms with E-state index in [1.165, 1.54) is 55.2 Å². The van der Waals surface area contributed by atoms with Gasteiger partial charge < -0.3 is 34.2 Å². The van der Waals surface area contributed by atoms with Crippen molar-refractivity contribution in [2.45, 2.75) is 13.8 Å². The number of carbonyl (C=O) groups is 3. The fourth-order valence-electron chi connectivity index (χ4n) is 3.29. The van der Waals surface area contributed by atoms with E-state index in [2.05, 4.69) is 0 Å². The quantitative estimate of drug-likeness (QED) is 0.127. The van der Waals surface area contributed by atoms with Gasteiger partial charge in [-0.1, -0.05) is 47.9 Å². The molecule has 0 spiro atoms. The molecule has 0 bridgehead atoms. The maximum atomic E-state index is 11.8. The van der Waals surface area contributed by atoms with Crippen LogP contribution in [0, 0.1) is 13.8 Å². The molecule has 239 valence electrons. The van der Waals surface area contributed by atoms with Gasteiger partial charge in [0.05, 0.1) is 11.1 Å². The van der Waals surface area contributed by atoms with Gasteiger partial charge in [-0.25, -0.2) is 9.59 Å². The van der Waals surface area contributed by atoms with Gasteiger partial charge in [-0.05, 0) is 73.5 Å². The molecule has 4 rings (SSSR count). The number of phenols is 2. The van der Waals surface area contributed by atoms with Gasteiger partial charge in [0.1, 0.15) is 23.0 Å². The van der Waals surface area contributed by atoms with E-state index in [1.807, 2.05) is 0 Å². The predicted octanol–water partition coefficient (Wildman–Crippen LogP) is 2.95. The van der Waals surface area contributed by atoms with E-state index in [-0.39, 0.29) is 40.1 Å². The summed E-state index contributed by atoms with van der Waals surface area (Å²) in [6.45, 7) is 2.92. The van der Waals surface area contributed by atoms with Crippen LogP contribution in [0.2, 0.25) is 0 Å². The number of amides is 1. The van der Waals surface area contributed by atoms with Crippen LogP contribution >= 0.6 is 0 Å². The molecule has 0 aliphatic rings. The molecule has 0 saturated carbocycles. The number of nitrogens with zero attached hydrogens (tertiary/aromatic N) is 1. The zero-order chi connectivity index (χ0) is 33.7. The number of rotatable bonds is 7. The van der Waals surface area contributed by atoms with E-state index in [9.17, 15) is 34.2 Å². The molecule has 0 saturated heterocycles. The van der Waals surface area contributed by atoms with Crippen LogP contribution in [0.15, 0.2) is 91.2 Å². The maximum Gasteiger partial charge on any atom is 3.00 e. The van der Waals surface area contributed by atoms with Gasteiger partial charge in [0.25, 0.3) is 0 Å². The summed E-state index contributed by atoms with van der Waals surface area (Å²) in [5.74, 6) is -2.19. The maximum absolute atomic E-state index is 11.8. The smallest absolute Gasteiger partial charge is 0.872 e. The second-order valence-corrected chi connectivity index (χ2v) is 9.41. The van der Waals surface area contributed by atoms with Crippen molar-refractivity contribution in [2.75, 3.05) is 14.1 Å². The topological polar surface area (TPSA) is 201 Å². The second kappa shape index (κ2) is 18.2. The Kier molecular flexibility index (Phi) is 15.2. The summed E-state index contributed by atoms with van der Waals surface area (Å²) in [7, 11) is 3.38. The molecule has 0 aliphatic heterocycles. The molecule has 12 nitrogen and oxygen atoms in total. The van der Waals surface area contributed by atoms with E-state index >= 15 is 0 Å². The molecule has 1 radical (unpaired) electrons. The number of ketones is 2. The van der Waals surface area contributed by atoms with Crippen molar-refractivity contribution >= 4 is 30.1 Å². The minimum atomic E-state index is -0.935. The first kappa shape index (κ1) is 38.4. The molecule has 0 fully saturated rings. The fraction of sp³-hybridized carbons (Fsp3) is 0.121. The molecule has 46 heavy (non-hydrogen) atoms. The monoisotopic (exact) mass is 671 g/mol. The van der Waals surface area contributed by atoms with Crippen LogP contribution < -0.4 is 21.5 Å². The fourth-order valence-corrected chi connectivity index (χ4v) is 3.29. The zero-order valence-electron chi connectivity index (χ0n) is 25.0. The van der Waals surface area contributed by atoms with Gasteiger partial charge in [-0.3, -0.25) is 14.4 Å². The Morgan fingerprint density at radius 2 is 1.00 bits per heavy atom. The molecular weight excluding hydrogens is 642 g/mol. The summed E-state index contributed by atoms with van der Waals surface area (Å²) in [6, 6.07) is 14.4. The minimum Gasteiger partial charge on any atom is -0.872 e. The minimum absolute atomic E-state index is 0. The van der Waals surface area contributed by atoms with Gasteiger partial charge in [-0.15, -0.1) is 0 Å². The Morgan fingerprint density at radius 1 is 0.696 bits per heavy atom. The Balaban J connectivity index is 0.000000394. The average molecular weight is 671 g/mol. The number of aryl methyl sites for hydroxylation is 2. The van der Waals surface area contributed by atoms with Crippen LogP contribution in [0.4, 0.5) is 0 Å². The molecule has 0 aliphatic carbocycles. The number of aromatic hydroxyl groups is 2. The Morgan fingerprint density at radius 3 is 1.26 bits per heavy atom. The third-order valence-corrected chi connectivity index (χ3v) is 5.42. The molecule has 0 unspecified atom stereocenters. The van der Waals surface area contributed by atoms with Crippen molar-refractivity contribution < 1.29 is 60.7 Å². The molecule has 4 aromatic rings. The van der Waals surface area contributed by atoms with E-state index in [0.717, 1.165) is 30.7 Å². The van der Waals surface area contributed by atoms with Gasteiger partial charge in [0, 0.05) is 14.1 Å². The molecular formula is C33H29FeNO11+. The first-order valence-electron chi connectivity index (χ1n) is 13.0. The molecule has 2 N–H and O–H groups in total. The second-order valence-electron chi connectivity index (χ2n) is 9.41. The third-order valence-electron chi connectivity index (χ3n) is 5.42. The molecule has 0 atom stereocenters. The number of benzene rings is 2. The molecule has 2 heterocycles. The first-order chi connectivity index (χ1) is 21.2. The van der Waals surface area contributed by atoms with Gasteiger partial charge in [-0.2, -0.15) is 0 Å². The van der Waals surface area contributed by atoms with Gasteiger partial charge in [0.2, 0.25) is 6.41 Å². The predicted molar refractivity (Wildman–Crippen MR) is 161 cm³/mol. The van der Waals surface area contributed by atoms with Crippen LogP contribution in [0.5, 0.6) is 23.0 Å². The standard InChI is InChI=1S/2C15H12O5.C3H7NO.Fe/c2*1-9-8-13(18)14(15(19)20-9)12(17)7-4-10-2-5-11(16)6-3-10;1-4(2)3-5;/h2*2-8,16,18H,1H3;3H,1-2H3;/q;;;+3/p-2/b2*7-4+;;. The number of hydrogen-bond acceptors (Lipinski definition) is 11. The third kappa shape index (κ3) is 12.2. The SMILES string of the molecule is CN(C)C=O.Cc1cc([O-])c(C(=O)/C=C/c2ccc(O)cc2)c(=O)o1.Cc1cc([O-])c(C(=O)/C=C/c2ccc(O)cc2)c(=O)o1.[Fe+3]. The van der Waals surface area contributed by atoms with Crippen LogP contribution in [0.25, 0.3) is 12.2 Å². The molecule has 2 aromatic carbocycles. The van der Waals surface area contributed by atoms with Gasteiger partial charge in [0.15, 0.2) is 11.6 Å². The van der Waals surface area contributed by atoms with Crippen molar-refractivity contribution in [1.82, 2.24) is 4.90 Å². The van der Waals surface area contributed by atoms with Crippen LogP contribution in [0.3, 0.4) is 0 Å². The number of hydrogen-bond donors (Lipinski definition) is 2. The summed E-state index contributed by atoms with van der Waals surface area (Å²) in [6.07, 6.45) is 5.88. The summed E-state index contributed by atoms with van der Waals surface area (Å²) in [4.78, 5) is 57.6. The van der Waals surface area contributed by atoms with Crippen molar-refractivity contribution in [1.29, 1.82) is 0 Å². The Hall–Kier alpha value is -5.65. The van der Waals surface area contributed by atoms with Crippen molar-refractivity contribution in [2.24, 2.45) is 0 Å². The summed E-state index contributed by atoms with van der Waals surface area (Å²) >= 11 is 0. The van der Waals surface area contributed by atoms with Crippen LogP contribution in [-0.4, -0.2) is 47.2 Å². The number of carbonyl (C=O) groups excluding carboxylic acids is 3. The molecule has 13 heteroatoms. The Bertz CT molecular complexity index is 1690. The van der Waals surface area contributed by atoms with E-state index < -0.39 is 45.4 Å². The van der Waals surface area contributed by atoms with E-state index in [4.69, 9.17) is 19.0 Å². The number of allylic oxidation sites excluding steroid dienone is 2. The normalized spacial score (nSPS) is 10.2. The number of phenolic OH excluding ortho intramolecular Hbond substituents is 2. The molecule has 2 aromatic heterocycles. The van der Waals surface area contributed by atoms with Gasteiger partial charge >= 0.3 is 28.3 Å². The Labute approximate surface area is 273 Å². The average Bonchev–Trinajstić information content (AvgIpc) is 2.96. The van der Waals surface area contributed by atoms with Crippen LogP contribution in [0.1, 0.15) is 43.4 Å². The van der Waals surface area contributed by atoms with E-state index in [1.54, 1.807) is 38.4 Å². The van der Waals surface area contributed by atoms with E-state index in [0.29, 0.717) is 11.1 Å². The van der Waals surface area contributed by atoms with Crippen molar-refractivity contribution in [3.63, 3.8) is 0 Å². The first-order valence-corrected chi connectivity index (χ1v) is 13.0. The van der Waals surface area contributed by atoms with Crippen molar-refractivity contribution in [3.05, 3.63) is 127 Å². The summed E-state index contributed by atoms with van der Waals surface area (Å²) in [5.41, 5.74) is -1.58. The molecule has 1 amide bonds. The summed E-state index contributed by atoms with van der Waals surface area (Å²) < 4.78 is 9.47. The summed E-state index contributed by atoms with van der Waals surface area (Å²) in [5, 5.41) is 41.5.